The van der Waals surface area contributed by atoms with Gasteiger partial charge in [-0.25, -0.2) is 0 Å². The summed E-state index contributed by atoms with van der Waals surface area (Å²) >= 11 is 0. The summed E-state index contributed by atoms with van der Waals surface area (Å²) in [7, 11) is 4.30. The van der Waals surface area contributed by atoms with Crippen LogP contribution in [0.4, 0.5) is 0 Å². The van der Waals surface area contributed by atoms with Crippen molar-refractivity contribution in [2.45, 2.75) is 44.2 Å². The molecule has 6 nitrogen and oxygen atoms in total. The van der Waals surface area contributed by atoms with Gasteiger partial charge in [-0.2, -0.15) is 9.90 Å². The molecule has 1 N–H and O–H groups in total. The van der Waals surface area contributed by atoms with Gasteiger partial charge in [0.15, 0.2) is 5.69 Å². The number of hydrogen-bond donors (Lipinski definition) is 1. The van der Waals surface area contributed by atoms with Gasteiger partial charge in [0, 0.05) is 11.6 Å². The van der Waals surface area contributed by atoms with Crippen molar-refractivity contribution in [3.05, 3.63) is 77.6 Å². The molecule has 1 aliphatic rings. The number of nitrogens with one attached hydrogen (secondary N) is 1. The molecule has 1 saturated carbocycles. The summed E-state index contributed by atoms with van der Waals surface area (Å²) in [5, 5.41) is 12.0. The zero-order valence-corrected chi connectivity index (χ0v) is 19.1. The SMILES string of the molecule is Cc1nn(-c2ccccc2)nc1C(=O)NC1CCC(c2ccccc2)(N(C)C)CC1.Cl. The predicted octanol–water partition coefficient (Wildman–Crippen LogP) is 4.13. The van der Waals surface area contributed by atoms with E-state index in [0.29, 0.717) is 11.4 Å². The highest BCUT2D eigenvalue weighted by atomic mass is 35.5. The molecule has 164 valence electrons. The van der Waals surface area contributed by atoms with Gasteiger partial charge in [-0.05, 0) is 64.4 Å². The normalized spacial score (nSPS) is 20.8. The molecule has 1 heterocycles. The van der Waals surface area contributed by atoms with E-state index in [1.165, 1.54) is 10.4 Å². The lowest BCUT2D eigenvalue weighted by Gasteiger charge is -2.45. The van der Waals surface area contributed by atoms with E-state index in [1.807, 2.05) is 37.3 Å². The van der Waals surface area contributed by atoms with Gasteiger partial charge < -0.3 is 5.32 Å². The molecular weight excluding hydrogens is 410 g/mol. The van der Waals surface area contributed by atoms with Crippen molar-refractivity contribution in [3.63, 3.8) is 0 Å². The molecule has 0 bridgehead atoms. The summed E-state index contributed by atoms with van der Waals surface area (Å²) in [5.41, 5.74) is 3.25. The number of aryl methyl sites for hydroxylation is 1. The highest BCUT2D eigenvalue weighted by molar-refractivity contribution is 5.93. The van der Waals surface area contributed by atoms with Crippen LogP contribution in [0.5, 0.6) is 0 Å². The largest absolute Gasteiger partial charge is 0.348 e. The van der Waals surface area contributed by atoms with E-state index in [9.17, 15) is 4.79 Å². The Hall–Kier alpha value is -2.70. The van der Waals surface area contributed by atoms with E-state index < -0.39 is 0 Å². The summed E-state index contributed by atoms with van der Waals surface area (Å²) in [4.78, 5) is 16.8. The molecule has 0 spiro atoms. The molecule has 4 rings (SSSR count). The number of benzene rings is 2. The van der Waals surface area contributed by atoms with E-state index in [0.717, 1.165) is 31.4 Å². The van der Waals surface area contributed by atoms with Gasteiger partial charge in [0.05, 0.1) is 11.4 Å². The molecule has 1 aliphatic carbocycles. The summed E-state index contributed by atoms with van der Waals surface area (Å²) in [5.74, 6) is -0.142. The monoisotopic (exact) mass is 439 g/mol. The molecule has 1 fully saturated rings. The third-order valence-electron chi connectivity index (χ3n) is 6.30. The molecule has 0 aliphatic heterocycles. The van der Waals surface area contributed by atoms with Crippen LogP contribution in [0.3, 0.4) is 0 Å². The highest BCUT2D eigenvalue weighted by Gasteiger charge is 2.39. The Morgan fingerprint density at radius 1 is 1.00 bits per heavy atom. The van der Waals surface area contributed by atoms with E-state index in [1.54, 1.807) is 0 Å². The summed E-state index contributed by atoms with van der Waals surface area (Å²) in [6.45, 7) is 1.83. The first-order valence-corrected chi connectivity index (χ1v) is 10.5. The van der Waals surface area contributed by atoms with Crippen LogP contribution >= 0.6 is 12.4 Å². The fourth-order valence-corrected chi connectivity index (χ4v) is 4.50. The number of amides is 1. The van der Waals surface area contributed by atoms with Crippen molar-refractivity contribution in [2.75, 3.05) is 14.1 Å². The van der Waals surface area contributed by atoms with E-state index >= 15 is 0 Å². The molecule has 31 heavy (non-hydrogen) atoms. The second-order valence-electron chi connectivity index (χ2n) is 8.30. The van der Waals surface area contributed by atoms with E-state index in [4.69, 9.17) is 0 Å². The van der Waals surface area contributed by atoms with Gasteiger partial charge in [0.1, 0.15) is 0 Å². The molecule has 0 saturated heterocycles. The summed E-state index contributed by atoms with van der Waals surface area (Å²) in [6, 6.07) is 20.5. The molecular formula is C24H30ClN5O. The quantitative estimate of drug-likeness (QED) is 0.649. The number of halogens is 1. The number of nitrogens with zero attached hydrogens (tertiary/aromatic N) is 4. The second-order valence-corrected chi connectivity index (χ2v) is 8.30. The number of aromatic nitrogens is 3. The summed E-state index contributed by atoms with van der Waals surface area (Å²) in [6.07, 6.45) is 3.88. The van der Waals surface area contributed by atoms with Gasteiger partial charge in [-0.1, -0.05) is 48.5 Å². The first kappa shape index (κ1) is 23.0. The van der Waals surface area contributed by atoms with Crippen LogP contribution in [-0.4, -0.2) is 45.9 Å². The maximum atomic E-state index is 12.9. The Balaban J connectivity index is 0.00000272. The molecule has 7 heteroatoms. The molecule has 1 amide bonds. The van der Waals surface area contributed by atoms with Crippen molar-refractivity contribution in [3.8, 4) is 5.69 Å². The topological polar surface area (TPSA) is 63.1 Å². The average Bonchev–Trinajstić information content (AvgIpc) is 3.17. The van der Waals surface area contributed by atoms with Crippen LogP contribution in [0.1, 0.15) is 47.4 Å². The van der Waals surface area contributed by atoms with Crippen LogP contribution in [0, 0.1) is 6.92 Å². The Labute approximate surface area is 190 Å². The maximum Gasteiger partial charge on any atom is 0.273 e. The zero-order valence-electron chi connectivity index (χ0n) is 18.3. The second kappa shape index (κ2) is 9.62. The summed E-state index contributed by atoms with van der Waals surface area (Å²) < 4.78 is 0. The fraction of sp³-hybridized carbons (Fsp3) is 0.375. The average molecular weight is 440 g/mol. The van der Waals surface area contributed by atoms with Crippen molar-refractivity contribution < 1.29 is 4.79 Å². The third-order valence-corrected chi connectivity index (χ3v) is 6.30. The molecule has 3 aromatic rings. The smallest absolute Gasteiger partial charge is 0.273 e. The van der Waals surface area contributed by atoms with Crippen LogP contribution in [0.15, 0.2) is 60.7 Å². The number of para-hydroxylation sites is 1. The highest BCUT2D eigenvalue weighted by Crippen LogP contribution is 2.41. The Morgan fingerprint density at radius 3 is 2.16 bits per heavy atom. The van der Waals surface area contributed by atoms with Gasteiger partial charge in [0.2, 0.25) is 0 Å². The van der Waals surface area contributed by atoms with Crippen LogP contribution in [-0.2, 0) is 5.54 Å². The lowest BCUT2D eigenvalue weighted by Crippen LogP contribution is -2.48. The number of carbonyl (C=O) groups excluding carboxylic acids is 1. The van der Waals surface area contributed by atoms with Gasteiger partial charge in [-0.15, -0.1) is 17.5 Å². The zero-order chi connectivity index (χ0) is 21.1. The number of rotatable bonds is 5. The van der Waals surface area contributed by atoms with Crippen LogP contribution < -0.4 is 5.32 Å². The first-order chi connectivity index (χ1) is 14.5. The first-order valence-electron chi connectivity index (χ1n) is 10.5. The minimum Gasteiger partial charge on any atom is -0.348 e. The van der Waals surface area contributed by atoms with Crippen LogP contribution in [0.2, 0.25) is 0 Å². The van der Waals surface area contributed by atoms with E-state index in [-0.39, 0.29) is 29.9 Å². The number of hydrogen-bond acceptors (Lipinski definition) is 4. The molecule has 1 aromatic heterocycles. The predicted molar refractivity (Wildman–Crippen MR) is 125 cm³/mol. The molecule has 2 aromatic carbocycles. The Kier molecular flexibility index (Phi) is 7.13. The standard InChI is InChI=1S/C24H29N5O.ClH/c1-18-22(27-29(26-18)21-12-8-5-9-13-21)23(30)25-20-14-16-24(17-15-20,28(2)3)19-10-6-4-7-11-19;/h4-13,20H,14-17H2,1-3H3,(H,25,30);1H. The van der Waals surface area contributed by atoms with Crippen LogP contribution in [0.25, 0.3) is 5.69 Å². The van der Waals surface area contributed by atoms with Crippen molar-refractivity contribution >= 4 is 18.3 Å². The lowest BCUT2D eigenvalue weighted by molar-refractivity contribution is 0.0755. The molecule has 0 atom stereocenters. The Morgan fingerprint density at radius 2 is 1.58 bits per heavy atom. The molecule has 0 unspecified atom stereocenters. The Bertz CT molecular complexity index is 995. The lowest BCUT2D eigenvalue weighted by atomic mass is 9.74. The van der Waals surface area contributed by atoms with Crippen molar-refractivity contribution in [1.29, 1.82) is 0 Å². The van der Waals surface area contributed by atoms with Gasteiger partial charge >= 0.3 is 0 Å². The molecule has 0 radical (unpaired) electrons. The third kappa shape index (κ3) is 4.65. The maximum absolute atomic E-state index is 12.9. The minimum atomic E-state index is -0.142. The fourth-order valence-electron chi connectivity index (χ4n) is 4.50. The van der Waals surface area contributed by atoms with E-state index in [2.05, 4.69) is 64.8 Å². The minimum absolute atomic E-state index is 0. The number of carbonyl (C=O) groups is 1. The van der Waals surface area contributed by atoms with Gasteiger partial charge in [-0.3, -0.25) is 9.69 Å². The van der Waals surface area contributed by atoms with Crippen molar-refractivity contribution in [1.82, 2.24) is 25.2 Å². The van der Waals surface area contributed by atoms with Crippen molar-refractivity contribution in [2.24, 2.45) is 0 Å². The van der Waals surface area contributed by atoms with Gasteiger partial charge in [0.25, 0.3) is 5.91 Å².